The van der Waals surface area contributed by atoms with Gasteiger partial charge >= 0.3 is 0 Å². The number of nitrogens with one attached hydrogen (secondary N) is 1. The zero-order valence-electron chi connectivity index (χ0n) is 19.9. The zero-order valence-corrected chi connectivity index (χ0v) is 19.9. The van der Waals surface area contributed by atoms with Crippen molar-refractivity contribution in [3.05, 3.63) is 53.6 Å². The first-order chi connectivity index (χ1) is 14.9. The molecule has 1 N–H and O–H groups in total. The van der Waals surface area contributed by atoms with Gasteiger partial charge in [0.1, 0.15) is 5.75 Å². The van der Waals surface area contributed by atoms with Crippen LogP contribution >= 0.6 is 0 Å². The molecule has 5 heteroatoms. The van der Waals surface area contributed by atoms with Gasteiger partial charge in [-0.2, -0.15) is 0 Å². The maximum atomic E-state index is 5.44. The maximum absolute atomic E-state index is 5.44. The smallest absolute Gasteiger partial charge is 0.161 e. The average molecular weight is 427 g/mol. The number of rotatable bonds is 9. The minimum absolute atomic E-state index is 0.156. The number of ether oxygens (including phenoxy) is 3. The molecule has 3 rings (SSSR count). The molecule has 0 bridgehead atoms. The molecular formula is C26H38N2O3. The number of hydrogen-bond acceptors (Lipinski definition) is 5. The Morgan fingerprint density at radius 3 is 2.32 bits per heavy atom. The molecule has 31 heavy (non-hydrogen) atoms. The Bertz CT molecular complexity index is 839. The second-order valence-electron chi connectivity index (χ2n) is 8.89. The van der Waals surface area contributed by atoms with Crippen molar-refractivity contribution in [2.24, 2.45) is 5.92 Å². The third-order valence-electron chi connectivity index (χ3n) is 7.11. The highest BCUT2D eigenvalue weighted by atomic mass is 16.5. The van der Waals surface area contributed by atoms with E-state index in [9.17, 15) is 0 Å². The normalized spacial score (nSPS) is 24.1. The molecule has 3 atom stereocenters. The molecule has 0 aliphatic carbocycles. The standard InChI is InChI=1S/C26H38N2O3/c1-19-18-28(3)20(2)16-26(19,22-8-10-23(29-4)11-9-22)13-14-27-17-21-7-12-24(30-5)25(15-21)31-6/h7-12,15,19-20,27H,13-14,16-18H2,1-6H3/t19-,20+,26+/m1/s1. The van der Waals surface area contributed by atoms with Gasteiger partial charge < -0.3 is 24.4 Å². The molecule has 1 fully saturated rings. The maximum Gasteiger partial charge on any atom is 0.161 e. The number of hydrogen-bond donors (Lipinski definition) is 1. The Morgan fingerprint density at radius 1 is 0.968 bits per heavy atom. The second-order valence-corrected chi connectivity index (χ2v) is 8.89. The summed E-state index contributed by atoms with van der Waals surface area (Å²) in [6.45, 7) is 7.63. The topological polar surface area (TPSA) is 43.0 Å². The zero-order chi connectivity index (χ0) is 22.4. The monoisotopic (exact) mass is 426 g/mol. The van der Waals surface area contributed by atoms with Crippen molar-refractivity contribution < 1.29 is 14.2 Å². The molecular weight excluding hydrogens is 388 g/mol. The summed E-state index contributed by atoms with van der Waals surface area (Å²) in [7, 11) is 7.31. The van der Waals surface area contributed by atoms with E-state index in [1.807, 2.05) is 12.1 Å². The van der Waals surface area contributed by atoms with Crippen molar-refractivity contribution in [1.82, 2.24) is 10.2 Å². The van der Waals surface area contributed by atoms with Crippen LogP contribution in [0, 0.1) is 5.92 Å². The van der Waals surface area contributed by atoms with Crippen molar-refractivity contribution in [1.29, 1.82) is 0 Å². The highest BCUT2D eigenvalue weighted by molar-refractivity contribution is 5.42. The van der Waals surface area contributed by atoms with Gasteiger partial charge in [-0.25, -0.2) is 0 Å². The Morgan fingerprint density at radius 2 is 1.68 bits per heavy atom. The first kappa shape index (κ1) is 23.4. The van der Waals surface area contributed by atoms with Crippen LogP contribution in [0.2, 0.25) is 0 Å². The summed E-state index contributed by atoms with van der Waals surface area (Å²) in [6.07, 6.45) is 2.26. The molecule has 170 valence electrons. The van der Waals surface area contributed by atoms with Gasteiger partial charge in [-0.1, -0.05) is 25.1 Å². The average Bonchev–Trinajstić information content (AvgIpc) is 2.79. The number of nitrogens with zero attached hydrogens (tertiary/aromatic N) is 1. The van der Waals surface area contributed by atoms with E-state index in [1.165, 1.54) is 11.1 Å². The predicted octanol–water partition coefficient (Wildman–Crippen LogP) is 4.49. The Labute approximate surface area is 187 Å². The van der Waals surface area contributed by atoms with Crippen LogP contribution in [0.1, 0.15) is 37.8 Å². The van der Waals surface area contributed by atoms with Gasteiger partial charge in [-0.05, 0) is 74.7 Å². The van der Waals surface area contributed by atoms with E-state index in [0.29, 0.717) is 12.0 Å². The van der Waals surface area contributed by atoms with Crippen LogP contribution in [-0.2, 0) is 12.0 Å². The van der Waals surface area contributed by atoms with Crippen molar-refractivity contribution in [2.75, 3.05) is 41.5 Å². The van der Waals surface area contributed by atoms with E-state index < -0.39 is 0 Å². The van der Waals surface area contributed by atoms with Gasteiger partial charge in [-0.3, -0.25) is 0 Å². The van der Waals surface area contributed by atoms with Crippen molar-refractivity contribution >= 4 is 0 Å². The lowest BCUT2D eigenvalue weighted by atomic mass is 9.63. The van der Waals surface area contributed by atoms with Crippen molar-refractivity contribution in [3.8, 4) is 17.2 Å². The molecule has 0 spiro atoms. The summed E-state index contributed by atoms with van der Waals surface area (Å²) in [5.41, 5.74) is 2.78. The highest BCUT2D eigenvalue weighted by Gasteiger charge is 2.43. The summed E-state index contributed by atoms with van der Waals surface area (Å²) in [4.78, 5) is 2.49. The molecule has 0 aromatic heterocycles. The fraction of sp³-hybridized carbons (Fsp3) is 0.538. The summed E-state index contributed by atoms with van der Waals surface area (Å²) < 4.78 is 16.2. The Hall–Kier alpha value is -2.24. The minimum atomic E-state index is 0.156. The molecule has 0 amide bonds. The number of benzene rings is 2. The summed E-state index contributed by atoms with van der Waals surface area (Å²) in [5, 5.41) is 3.67. The molecule has 2 aromatic carbocycles. The van der Waals surface area contributed by atoms with Crippen molar-refractivity contribution in [3.63, 3.8) is 0 Å². The SMILES string of the molecule is COc1ccc([C@@]2(CCNCc3ccc(OC)c(OC)c3)C[C@H](C)N(C)C[C@H]2C)cc1. The van der Waals surface area contributed by atoms with Crippen molar-refractivity contribution in [2.45, 2.75) is 44.7 Å². The Kier molecular flexibility index (Phi) is 7.84. The molecule has 2 aromatic rings. The van der Waals surface area contributed by atoms with Gasteiger partial charge in [0.25, 0.3) is 0 Å². The van der Waals surface area contributed by atoms with Gasteiger partial charge in [0.05, 0.1) is 21.3 Å². The van der Waals surface area contributed by atoms with E-state index in [2.05, 4.69) is 61.4 Å². The lowest BCUT2D eigenvalue weighted by molar-refractivity contribution is 0.0688. The molecule has 1 aliphatic rings. The van der Waals surface area contributed by atoms with Crippen LogP contribution in [0.3, 0.4) is 0 Å². The summed E-state index contributed by atoms with van der Waals surface area (Å²) in [5.74, 6) is 3.03. The Balaban J connectivity index is 1.72. The molecule has 5 nitrogen and oxygen atoms in total. The fourth-order valence-electron chi connectivity index (χ4n) is 5.02. The number of piperidine rings is 1. The summed E-state index contributed by atoms with van der Waals surface area (Å²) in [6, 6.07) is 15.4. The number of methoxy groups -OCH3 is 3. The molecule has 1 heterocycles. The quantitative estimate of drug-likeness (QED) is 0.599. The summed E-state index contributed by atoms with van der Waals surface area (Å²) >= 11 is 0. The van der Waals surface area contributed by atoms with Crippen LogP contribution < -0.4 is 19.5 Å². The van der Waals surface area contributed by atoms with E-state index >= 15 is 0 Å². The van der Waals surface area contributed by atoms with E-state index in [0.717, 1.165) is 49.7 Å². The van der Waals surface area contributed by atoms with Gasteiger partial charge in [0.2, 0.25) is 0 Å². The third-order valence-corrected chi connectivity index (χ3v) is 7.11. The highest BCUT2D eigenvalue weighted by Crippen LogP contribution is 2.44. The molecule has 0 unspecified atom stereocenters. The van der Waals surface area contributed by atoms with Gasteiger partial charge in [-0.15, -0.1) is 0 Å². The lowest BCUT2D eigenvalue weighted by Crippen LogP contribution is -2.52. The number of likely N-dealkylation sites (tertiary alicyclic amines) is 1. The van der Waals surface area contributed by atoms with E-state index in [4.69, 9.17) is 14.2 Å². The van der Waals surface area contributed by atoms with Gasteiger partial charge in [0, 0.05) is 24.5 Å². The fourth-order valence-corrected chi connectivity index (χ4v) is 5.02. The van der Waals surface area contributed by atoms with Crippen LogP contribution in [0.4, 0.5) is 0 Å². The molecule has 0 saturated carbocycles. The molecule has 1 aliphatic heterocycles. The third kappa shape index (κ3) is 5.16. The minimum Gasteiger partial charge on any atom is -0.497 e. The molecule has 1 saturated heterocycles. The van der Waals surface area contributed by atoms with Crippen LogP contribution in [-0.4, -0.2) is 52.4 Å². The van der Waals surface area contributed by atoms with Crippen LogP contribution in [0.15, 0.2) is 42.5 Å². The lowest BCUT2D eigenvalue weighted by Gasteiger charge is -2.50. The van der Waals surface area contributed by atoms with E-state index in [1.54, 1.807) is 21.3 Å². The van der Waals surface area contributed by atoms with Crippen LogP contribution in [0.25, 0.3) is 0 Å². The van der Waals surface area contributed by atoms with Crippen LogP contribution in [0.5, 0.6) is 17.2 Å². The first-order valence-electron chi connectivity index (χ1n) is 11.2. The largest absolute Gasteiger partial charge is 0.497 e. The first-order valence-corrected chi connectivity index (χ1v) is 11.2. The predicted molar refractivity (Wildman–Crippen MR) is 126 cm³/mol. The molecule has 0 radical (unpaired) electrons. The van der Waals surface area contributed by atoms with E-state index in [-0.39, 0.29) is 5.41 Å². The van der Waals surface area contributed by atoms with Gasteiger partial charge in [0.15, 0.2) is 11.5 Å². The second kappa shape index (κ2) is 10.4.